The fourth-order valence-electron chi connectivity index (χ4n) is 2.93. The van der Waals surface area contributed by atoms with E-state index in [1.807, 2.05) is 13.8 Å². The third-order valence-electron chi connectivity index (χ3n) is 3.93. The average Bonchev–Trinajstić information content (AvgIpc) is 2.80. The van der Waals surface area contributed by atoms with Gasteiger partial charge in [0.15, 0.2) is 0 Å². The molecule has 5 heteroatoms. The van der Waals surface area contributed by atoms with Gasteiger partial charge in [0.1, 0.15) is 0 Å². The monoisotopic (exact) mass is 310 g/mol. The molecule has 4 nitrogen and oxygen atoms in total. The highest BCUT2D eigenvalue weighted by atomic mass is 32.2. The van der Waals surface area contributed by atoms with Crippen LogP contribution in [0.4, 0.5) is 0 Å². The van der Waals surface area contributed by atoms with Crippen molar-refractivity contribution < 1.29 is 8.42 Å². The maximum Gasteiger partial charge on any atom is 0.209 e. The predicted molar refractivity (Wildman–Crippen MR) is 86.9 cm³/mol. The second-order valence-corrected chi connectivity index (χ2v) is 8.49. The Kier molecular flexibility index (Phi) is 4.76. The molecular weight excluding hydrogens is 284 g/mol. The van der Waals surface area contributed by atoms with E-state index < -0.39 is 15.6 Å². The number of hydrogen-bond acceptors (Lipinski definition) is 3. The summed E-state index contributed by atoms with van der Waals surface area (Å²) in [5.41, 5.74) is 3.71. The van der Waals surface area contributed by atoms with Crippen molar-refractivity contribution >= 4 is 10.0 Å². The Hall–Kier alpha value is -0.910. The first-order valence-electron chi connectivity index (χ1n) is 7.50. The molecule has 118 valence electrons. The van der Waals surface area contributed by atoms with Crippen LogP contribution in [0.15, 0.2) is 18.2 Å². The molecule has 1 aliphatic carbocycles. The molecule has 0 aliphatic heterocycles. The standard InChI is InChI=1S/C16H26N2O2S/c1-12(17-11-16(2,3)18-21(4,19)20)14-9-8-13-6-5-7-15(13)10-14/h8-10,12,17-18H,5-7,11H2,1-4H3. The molecule has 0 saturated heterocycles. The van der Waals surface area contributed by atoms with Gasteiger partial charge in [0.25, 0.3) is 0 Å². The lowest BCUT2D eigenvalue weighted by Crippen LogP contribution is -2.50. The lowest BCUT2D eigenvalue weighted by Gasteiger charge is -2.27. The zero-order valence-corrected chi connectivity index (χ0v) is 14.2. The maximum atomic E-state index is 11.4. The molecule has 0 heterocycles. The smallest absolute Gasteiger partial charge is 0.209 e. The average molecular weight is 310 g/mol. The third-order valence-corrected chi connectivity index (χ3v) is 4.86. The van der Waals surface area contributed by atoms with E-state index >= 15 is 0 Å². The highest BCUT2D eigenvalue weighted by Gasteiger charge is 2.23. The van der Waals surface area contributed by atoms with Gasteiger partial charge >= 0.3 is 0 Å². The molecule has 2 N–H and O–H groups in total. The summed E-state index contributed by atoms with van der Waals surface area (Å²) in [5, 5.41) is 3.43. The summed E-state index contributed by atoms with van der Waals surface area (Å²) in [6, 6.07) is 6.91. The largest absolute Gasteiger partial charge is 0.308 e. The SMILES string of the molecule is CC(NCC(C)(C)NS(C)(=O)=O)c1ccc2c(c1)CCC2. The van der Waals surface area contributed by atoms with Crippen molar-refractivity contribution in [3.63, 3.8) is 0 Å². The molecule has 1 atom stereocenters. The number of fused-ring (bicyclic) bond motifs is 1. The minimum absolute atomic E-state index is 0.205. The van der Waals surface area contributed by atoms with Crippen LogP contribution < -0.4 is 10.0 Å². The summed E-state index contributed by atoms with van der Waals surface area (Å²) < 4.78 is 25.4. The highest BCUT2D eigenvalue weighted by Crippen LogP contribution is 2.25. The normalized spacial score (nSPS) is 16.8. The van der Waals surface area contributed by atoms with E-state index in [0.29, 0.717) is 6.54 Å². The van der Waals surface area contributed by atoms with Crippen molar-refractivity contribution in [2.24, 2.45) is 0 Å². The van der Waals surface area contributed by atoms with Gasteiger partial charge in [0, 0.05) is 18.1 Å². The van der Waals surface area contributed by atoms with Gasteiger partial charge in [-0.25, -0.2) is 13.1 Å². The van der Waals surface area contributed by atoms with Crippen molar-refractivity contribution in [2.45, 2.75) is 51.6 Å². The molecule has 0 aromatic heterocycles. The molecule has 1 aliphatic rings. The second-order valence-electron chi connectivity index (χ2n) is 6.74. The molecule has 2 rings (SSSR count). The summed E-state index contributed by atoms with van der Waals surface area (Å²) >= 11 is 0. The van der Waals surface area contributed by atoms with Gasteiger partial charge in [-0.1, -0.05) is 18.2 Å². The van der Waals surface area contributed by atoms with Crippen LogP contribution >= 0.6 is 0 Å². The van der Waals surface area contributed by atoms with Crippen LogP contribution in [0.25, 0.3) is 0 Å². The van der Waals surface area contributed by atoms with Gasteiger partial charge in [0.2, 0.25) is 10.0 Å². The molecule has 0 amide bonds. The summed E-state index contributed by atoms with van der Waals surface area (Å²) in [4.78, 5) is 0. The molecule has 21 heavy (non-hydrogen) atoms. The number of benzene rings is 1. The summed E-state index contributed by atoms with van der Waals surface area (Å²) in [6.45, 7) is 6.47. The Bertz CT molecular complexity index is 609. The van der Waals surface area contributed by atoms with Crippen LogP contribution in [0.2, 0.25) is 0 Å². The van der Waals surface area contributed by atoms with Gasteiger partial charge < -0.3 is 5.32 Å². The quantitative estimate of drug-likeness (QED) is 0.846. The zero-order valence-electron chi connectivity index (χ0n) is 13.4. The van der Waals surface area contributed by atoms with Crippen LogP contribution in [0, 0.1) is 0 Å². The van der Waals surface area contributed by atoms with Gasteiger partial charge in [-0.05, 0) is 56.7 Å². The third kappa shape index (κ3) is 4.80. The highest BCUT2D eigenvalue weighted by molar-refractivity contribution is 7.88. The lowest BCUT2D eigenvalue weighted by molar-refractivity contribution is 0.399. The van der Waals surface area contributed by atoms with E-state index in [2.05, 4.69) is 35.2 Å². The Morgan fingerprint density at radius 3 is 2.57 bits per heavy atom. The molecule has 1 aromatic carbocycles. The van der Waals surface area contributed by atoms with Crippen molar-refractivity contribution in [3.8, 4) is 0 Å². The van der Waals surface area contributed by atoms with Crippen LogP contribution in [0.3, 0.4) is 0 Å². The summed E-state index contributed by atoms with van der Waals surface area (Å²) in [6.07, 6.45) is 4.82. The van der Waals surface area contributed by atoms with Crippen LogP contribution in [-0.4, -0.2) is 26.8 Å². The predicted octanol–water partition coefficient (Wildman–Crippen LogP) is 2.15. The first-order valence-corrected chi connectivity index (χ1v) is 9.39. The van der Waals surface area contributed by atoms with Crippen molar-refractivity contribution in [3.05, 3.63) is 34.9 Å². The van der Waals surface area contributed by atoms with E-state index in [-0.39, 0.29) is 6.04 Å². The second kappa shape index (κ2) is 6.07. The molecule has 0 spiro atoms. The van der Waals surface area contributed by atoms with Crippen LogP contribution in [-0.2, 0) is 22.9 Å². The lowest BCUT2D eigenvalue weighted by atomic mass is 10.0. The minimum Gasteiger partial charge on any atom is -0.308 e. The zero-order chi connectivity index (χ0) is 15.7. The Morgan fingerprint density at radius 1 is 1.24 bits per heavy atom. The van der Waals surface area contributed by atoms with E-state index in [1.54, 1.807) is 0 Å². The van der Waals surface area contributed by atoms with E-state index in [9.17, 15) is 8.42 Å². The molecule has 0 fully saturated rings. The minimum atomic E-state index is -3.19. The Labute approximate surface area is 128 Å². The van der Waals surface area contributed by atoms with Crippen LogP contribution in [0.1, 0.15) is 49.9 Å². The molecule has 1 unspecified atom stereocenters. The first kappa shape index (κ1) is 16.5. The van der Waals surface area contributed by atoms with Gasteiger partial charge in [0.05, 0.1) is 6.26 Å². The maximum absolute atomic E-state index is 11.4. The number of rotatable bonds is 6. The van der Waals surface area contributed by atoms with Gasteiger partial charge in [-0.2, -0.15) is 0 Å². The number of hydrogen-bond donors (Lipinski definition) is 2. The van der Waals surface area contributed by atoms with Crippen molar-refractivity contribution in [1.82, 2.24) is 10.0 Å². The molecule has 0 radical (unpaired) electrons. The Morgan fingerprint density at radius 2 is 1.90 bits per heavy atom. The number of nitrogens with one attached hydrogen (secondary N) is 2. The fraction of sp³-hybridized carbons (Fsp3) is 0.625. The van der Waals surface area contributed by atoms with E-state index in [1.165, 1.54) is 42.2 Å². The fourth-order valence-corrected chi connectivity index (χ4v) is 4.00. The molecule has 0 saturated carbocycles. The summed E-state index contributed by atoms with van der Waals surface area (Å²) in [7, 11) is -3.19. The summed E-state index contributed by atoms with van der Waals surface area (Å²) in [5.74, 6) is 0. The van der Waals surface area contributed by atoms with Crippen LogP contribution in [0.5, 0.6) is 0 Å². The molecular formula is C16H26N2O2S. The number of aryl methyl sites for hydroxylation is 2. The van der Waals surface area contributed by atoms with Gasteiger partial charge in [-0.15, -0.1) is 0 Å². The van der Waals surface area contributed by atoms with Crippen molar-refractivity contribution in [2.75, 3.05) is 12.8 Å². The first-order chi connectivity index (χ1) is 9.66. The van der Waals surface area contributed by atoms with Gasteiger partial charge in [-0.3, -0.25) is 0 Å². The van der Waals surface area contributed by atoms with E-state index in [4.69, 9.17) is 0 Å². The Balaban J connectivity index is 1.97. The number of sulfonamides is 1. The van der Waals surface area contributed by atoms with E-state index in [0.717, 1.165) is 0 Å². The molecule has 1 aromatic rings. The van der Waals surface area contributed by atoms with Crippen molar-refractivity contribution in [1.29, 1.82) is 0 Å². The molecule has 0 bridgehead atoms. The topological polar surface area (TPSA) is 58.2 Å².